The summed E-state index contributed by atoms with van der Waals surface area (Å²) in [6, 6.07) is 19.4. The van der Waals surface area contributed by atoms with Crippen LogP contribution in [0.25, 0.3) is 0 Å². The molecule has 1 aliphatic carbocycles. The standard InChI is InChI=1S/C25H31NO2/c1-27-21-11-5-17(6-12-21)23-15-9-19-3-4-20-10-16-24(26(23)25(19)20)18-7-13-22(28-2)14-8-18/h5-8,11-14,19-20,23-25H,3-4,9-10,15-16H2,1-2H3/t19-,20+,23-,24+,25?. The Labute approximate surface area is 168 Å². The van der Waals surface area contributed by atoms with Gasteiger partial charge in [-0.25, -0.2) is 0 Å². The first-order valence-corrected chi connectivity index (χ1v) is 10.8. The van der Waals surface area contributed by atoms with E-state index in [1.807, 2.05) is 0 Å². The number of hydrogen-bond acceptors (Lipinski definition) is 3. The third kappa shape index (κ3) is 3.00. The van der Waals surface area contributed by atoms with Crippen molar-refractivity contribution in [3.8, 4) is 11.5 Å². The summed E-state index contributed by atoms with van der Waals surface area (Å²) in [5, 5.41) is 0. The van der Waals surface area contributed by atoms with Gasteiger partial charge < -0.3 is 9.47 Å². The van der Waals surface area contributed by atoms with E-state index in [0.717, 1.165) is 29.4 Å². The Morgan fingerprint density at radius 3 is 1.39 bits per heavy atom. The summed E-state index contributed by atoms with van der Waals surface area (Å²) in [5.74, 6) is 3.67. The molecule has 2 aromatic carbocycles. The average Bonchev–Trinajstić information content (AvgIpc) is 3.19. The normalized spacial score (nSPS) is 32.0. The quantitative estimate of drug-likeness (QED) is 0.675. The molecular formula is C25H31NO2. The summed E-state index contributed by atoms with van der Waals surface area (Å²) in [5.41, 5.74) is 2.90. The van der Waals surface area contributed by atoms with Crippen LogP contribution in [0.3, 0.4) is 0 Å². The van der Waals surface area contributed by atoms with Gasteiger partial charge in [-0.05, 0) is 85.8 Å². The van der Waals surface area contributed by atoms with Crippen LogP contribution in [0, 0.1) is 11.8 Å². The Hall–Kier alpha value is -2.00. The molecule has 2 aliphatic heterocycles. The summed E-state index contributed by atoms with van der Waals surface area (Å²) in [4.78, 5) is 2.92. The zero-order valence-corrected chi connectivity index (χ0v) is 17.0. The monoisotopic (exact) mass is 377 g/mol. The van der Waals surface area contributed by atoms with Crippen molar-refractivity contribution in [3.63, 3.8) is 0 Å². The van der Waals surface area contributed by atoms with E-state index in [-0.39, 0.29) is 0 Å². The lowest BCUT2D eigenvalue weighted by molar-refractivity contribution is -0.0388. The number of nitrogens with zero attached hydrogens (tertiary/aromatic N) is 1. The zero-order chi connectivity index (χ0) is 19.1. The summed E-state index contributed by atoms with van der Waals surface area (Å²) in [7, 11) is 3.49. The van der Waals surface area contributed by atoms with Crippen molar-refractivity contribution in [2.24, 2.45) is 11.8 Å². The van der Waals surface area contributed by atoms with Crippen molar-refractivity contribution in [1.82, 2.24) is 4.90 Å². The first kappa shape index (κ1) is 18.1. The molecule has 2 saturated heterocycles. The molecule has 0 spiro atoms. The Kier molecular flexibility index (Phi) is 4.80. The molecule has 2 heterocycles. The molecule has 0 N–H and O–H groups in total. The average molecular weight is 378 g/mol. The molecule has 148 valence electrons. The van der Waals surface area contributed by atoms with E-state index in [9.17, 15) is 0 Å². The molecule has 3 aliphatic rings. The number of piperidine rings is 2. The zero-order valence-electron chi connectivity index (χ0n) is 17.0. The van der Waals surface area contributed by atoms with Crippen LogP contribution < -0.4 is 9.47 Å². The lowest BCUT2D eigenvalue weighted by Gasteiger charge is -2.53. The molecule has 0 aromatic heterocycles. The van der Waals surface area contributed by atoms with Crippen LogP contribution in [0.4, 0.5) is 0 Å². The minimum absolute atomic E-state index is 0.514. The maximum absolute atomic E-state index is 5.39. The largest absolute Gasteiger partial charge is 0.497 e. The fraction of sp³-hybridized carbons (Fsp3) is 0.520. The maximum Gasteiger partial charge on any atom is 0.118 e. The van der Waals surface area contributed by atoms with E-state index in [4.69, 9.17) is 9.47 Å². The van der Waals surface area contributed by atoms with E-state index >= 15 is 0 Å². The van der Waals surface area contributed by atoms with Gasteiger partial charge in [-0.1, -0.05) is 24.3 Å². The van der Waals surface area contributed by atoms with Crippen molar-refractivity contribution in [1.29, 1.82) is 0 Å². The fourth-order valence-electron chi connectivity index (χ4n) is 6.28. The molecule has 3 heteroatoms. The van der Waals surface area contributed by atoms with Crippen LogP contribution in [-0.4, -0.2) is 25.2 Å². The molecule has 2 aromatic rings. The van der Waals surface area contributed by atoms with Gasteiger partial charge in [0.25, 0.3) is 0 Å². The molecule has 3 nitrogen and oxygen atoms in total. The molecule has 5 atom stereocenters. The van der Waals surface area contributed by atoms with Crippen LogP contribution in [0.1, 0.15) is 61.7 Å². The molecule has 0 bridgehead atoms. The molecular weight excluding hydrogens is 346 g/mol. The van der Waals surface area contributed by atoms with Crippen LogP contribution in [0.2, 0.25) is 0 Å². The highest BCUT2D eigenvalue weighted by molar-refractivity contribution is 5.33. The molecule has 5 rings (SSSR count). The molecule has 1 saturated carbocycles. The van der Waals surface area contributed by atoms with Crippen molar-refractivity contribution in [2.75, 3.05) is 14.2 Å². The second-order valence-corrected chi connectivity index (χ2v) is 8.77. The maximum atomic E-state index is 5.39. The number of methoxy groups -OCH3 is 2. The van der Waals surface area contributed by atoms with Gasteiger partial charge in [-0.3, -0.25) is 4.90 Å². The summed E-state index contributed by atoms with van der Waals surface area (Å²) < 4.78 is 10.8. The SMILES string of the molecule is COc1ccc([C@H]2CC[C@H]3CC[C@H]4CC[C@@H](c5ccc(OC)cc5)N2C34)cc1. The Bertz CT molecular complexity index is 733. The second-order valence-electron chi connectivity index (χ2n) is 8.77. The second kappa shape index (κ2) is 7.44. The van der Waals surface area contributed by atoms with Gasteiger partial charge in [0.15, 0.2) is 0 Å². The van der Waals surface area contributed by atoms with Gasteiger partial charge in [0.05, 0.1) is 14.2 Å². The number of ether oxygens (including phenoxy) is 2. The van der Waals surface area contributed by atoms with Crippen LogP contribution in [-0.2, 0) is 0 Å². The van der Waals surface area contributed by atoms with E-state index in [1.165, 1.54) is 49.7 Å². The van der Waals surface area contributed by atoms with Crippen molar-refractivity contribution < 1.29 is 9.47 Å². The predicted octanol–water partition coefficient (Wildman–Crippen LogP) is 5.77. The molecule has 0 radical (unpaired) electrons. The van der Waals surface area contributed by atoms with Gasteiger partial charge >= 0.3 is 0 Å². The number of benzene rings is 2. The summed E-state index contributed by atoms with van der Waals surface area (Å²) >= 11 is 0. The topological polar surface area (TPSA) is 21.7 Å². The van der Waals surface area contributed by atoms with Crippen LogP contribution in [0.15, 0.2) is 48.5 Å². The van der Waals surface area contributed by atoms with Gasteiger partial charge in [0, 0.05) is 18.1 Å². The molecule has 28 heavy (non-hydrogen) atoms. The number of hydrogen-bond donors (Lipinski definition) is 0. The molecule has 0 amide bonds. The van der Waals surface area contributed by atoms with E-state index in [2.05, 4.69) is 53.4 Å². The highest BCUT2D eigenvalue weighted by Gasteiger charge is 2.50. The molecule has 1 unspecified atom stereocenters. The minimum atomic E-state index is 0.514. The van der Waals surface area contributed by atoms with Crippen molar-refractivity contribution in [3.05, 3.63) is 59.7 Å². The minimum Gasteiger partial charge on any atom is -0.497 e. The fourth-order valence-corrected chi connectivity index (χ4v) is 6.28. The van der Waals surface area contributed by atoms with E-state index in [1.54, 1.807) is 14.2 Å². The third-order valence-corrected chi connectivity index (χ3v) is 7.56. The van der Waals surface area contributed by atoms with Crippen molar-refractivity contribution in [2.45, 2.75) is 56.7 Å². The van der Waals surface area contributed by atoms with Crippen LogP contribution >= 0.6 is 0 Å². The smallest absolute Gasteiger partial charge is 0.118 e. The lowest BCUT2D eigenvalue weighted by Crippen LogP contribution is -2.52. The highest BCUT2D eigenvalue weighted by Crippen LogP contribution is 2.55. The Morgan fingerprint density at radius 2 is 1.00 bits per heavy atom. The Balaban J connectivity index is 1.51. The summed E-state index contributed by atoms with van der Waals surface area (Å²) in [6.07, 6.45) is 8.15. The van der Waals surface area contributed by atoms with Gasteiger partial charge in [0.1, 0.15) is 11.5 Å². The van der Waals surface area contributed by atoms with Gasteiger partial charge in [-0.15, -0.1) is 0 Å². The van der Waals surface area contributed by atoms with E-state index in [0.29, 0.717) is 12.1 Å². The first-order valence-electron chi connectivity index (χ1n) is 10.8. The number of rotatable bonds is 4. The highest BCUT2D eigenvalue weighted by atomic mass is 16.5. The summed E-state index contributed by atoms with van der Waals surface area (Å²) in [6.45, 7) is 0. The predicted molar refractivity (Wildman–Crippen MR) is 112 cm³/mol. The van der Waals surface area contributed by atoms with Gasteiger partial charge in [-0.2, -0.15) is 0 Å². The molecule has 3 fully saturated rings. The van der Waals surface area contributed by atoms with E-state index < -0.39 is 0 Å². The Morgan fingerprint density at radius 1 is 0.607 bits per heavy atom. The van der Waals surface area contributed by atoms with Crippen molar-refractivity contribution >= 4 is 0 Å². The van der Waals surface area contributed by atoms with Gasteiger partial charge in [0.2, 0.25) is 0 Å². The van der Waals surface area contributed by atoms with Crippen LogP contribution in [0.5, 0.6) is 11.5 Å². The third-order valence-electron chi connectivity index (χ3n) is 7.56. The first-order chi connectivity index (χ1) is 13.8. The lowest BCUT2D eigenvalue weighted by atomic mass is 9.75.